The van der Waals surface area contributed by atoms with E-state index >= 15 is 0 Å². The Hall–Kier alpha value is -1.98. The molecule has 2 aromatic rings. The molecule has 0 spiro atoms. The molecule has 4 nitrogen and oxygen atoms in total. The lowest BCUT2D eigenvalue weighted by atomic mass is 9.95. The van der Waals surface area contributed by atoms with Crippen LogP contribution in [0.4, 0.5) is 0 Å². The molecule has 0 bridgehead atoms. The lowest BCUT2D eigenvalue weighted by Gasteiger charge is -2.31. The second kappa shape index (κ2) is 7.28. The minimum absolute atomic E-state index is 0.248. The van der Waals surface area contributed by atoms with Crippen LogP contribution in [0.1, 0.15) is 54.3 Å². The quantitative estimate of drug-likeness (QED) is 0.792. The predicted molar refractivity (Wildman–Crippen MR) is 97.0 cm³/mol. The molecule has 1 aromatic heterocycles. The molecule has 1 unspecified atom stereocenters. The monoisotopic (exact) mass is 342 g/mol. The summed E-state index contributed by atoms with van der Waals surface area (Å²) in [5, 5.41) is 18.9. The Morgan fingerprint density at radius 2 is 2.04 bits per heavy atom. The molecule has 0 saturated heterocycles. The molecule has 1 aliphatic rings. The van der Waals surface area contributed by atoms with Crippen LogP contribution in [0.15, 0.2) is 52.9 Å². The third-order valence-corrected chi connectivity index (χ3v) is 5.13. The first-order chi connectivity index (χ1) is 11.6. The van der Waals surface area contributed by atoms with Crippen LogP contribution >= 0.6 is 11.3 Å². The predicted octanol–water partition coefficient (Wildman–Crippen LogP) is 4.38. The van der Waals surface area contributed by atoms with Gasteiger partial charge in [0.25, 0.3) is 5.91 Å². The molecule has 1 aromatic carbocycles. The van der Waals surface area contributed by atoms with Crippen LogP contribution in [0.2, 0.25) is 0 Å². The van der Waals surface area contributed by atoms with Crippen molar-refractivity contribution in [2.75, 3.05) is 0 Å². The number of hydrazone groups is 1. The third kappa shape index (κ3) is 3.28. The van der Waals surface area contributed by atoms with E-state index in [-0.39, 0.29) is 5.91 Å². The number of rotatable bonds is 6. The second-order valence-corrected chi connectivity index (χ2v) is 7.02. The topological polar surface area (TPSA) is 52.9 Å². The van der Waals surface area contributed by atoms with Crippen molar-refractivity contribution in [3.8, 4) is 0 Å². The molecule has 2 heterocycles. The first kappa shape index (κ1) is 16.9. The molecular formula is C19H22N2O2S. The number of carbonyl (C=O) groups excluding carboxylic acids is 1. The smallest absolute Gasteiger partial charge is 0.286 e. The van der Waals surface area contributed by atoms with Crippen LogP contribution < -0.4 is 0 Å². The summed E-state index contributed by atoms with van der Waals surface area (Å²) in [4.78, 5) is 13.4. The fourth-order valence-corrected chi connectivity index (χ4v) is 3.63. The van der Waals surface area contributed by atoms with Crippen molar-refractivity contribution >= 4 is 23.0 Å². The van der Waals surface area contributed by atoms with Crippen LogP contribution in [0, 0.1) is 0 Å². The molecule has 0 aliphatic carbocycles. The van der Waals surface area contributed by atoms with E-state index in [0.29, 0.717) is 16.9 Å². The van der Waals surface area contributed by atoms with Crippen LogP contribution in [-0.2, 0) is 5.72 Å². The maximum atomic E-state index is 12.8. The number of unbranched alkanes of at least 4 members (excludes halogenated alkanes) is 2. The van der Waals surface area contributed by atoms with Crippen LogP contribution in [0.5, 0.6) is 0 Å². The number of thiophene rings is 1. The fraction of sp³-hybridized carbons (Fsp3) is 0.368. The van der Waals surface area contributed by atoms with Gasteiger partial charge in [0, 0.05) is 17.7 Å². The van der Waals surface area contributed by atoms with Crippen LogP contribution in [0.3, 0.4) is 0 Å². The van der Waals surface area contributed by atoms with Crippen molar-refractivity contribution in [2.24, 2.45) is 5.10 Å². The van der Waals surface area contributed by atoms with Crippen molar-refractivity contribution < 1.29 is 9.90 Å². The highest BCUT2D eigenvalue weighted by Gasteiger charge is 2.46. The minimum Gasteiger partial charge on any atom is -0.365 e. The summed E-state index contributed by atoms with van der Waals surface area (Å²) in [5.74, 6) is -0.248. The Bertz CT molecular complexity index is 712. The van der Waals surface area contributed by atoms with Gasteiger partial charge in [-0.15, -0.1) is 11.3 Å². The summed E-state index contributed by atoms with van der Waals surface area (Å²) in [6.07, 6.45) is 4.48. The third-order valence-electron chi connectivity index (χ3n) is 4.27. The van der Waals surface area contributed by atoms with Crippen molar-refractivity contribution in [2.45, 2.75) is 44.8 Å². The van der Waals surface area contributed by atoms with Gasteiger partial charge in [-0.25, -0.2) is 0 Å². The maximum Gasteiger partial charge on any atom is 0.286 e. The Morgan fingerprint density at radius 1 is 1.25 bits per heavy atom. The fourth-order valence-electron chi connectivity index (χ4n) is 2.98. The molecule has 1 aliphatic heterocycles. The van der Waals surface area contributed by atoms with Crippen molar-refractivity contribution in [3.05, 3.63) is 58.3 Å². The average molecular weight is 342 g/mol. The van der Waals surface area contributed by atoms with E-state index in [1.165, 1.54) is 16.3 Å². The van der Waals surface area contributed by atoms with Gasteiger partial charge in [-0.05, 0) is 24.3 Å². The summed E-state index contributed by atoms with van der Waals surface area (Å²) in [6.45, 7) is 2.16. The van der Waals surface area contributed by atoms with Gasteiger partial charge < -0.3 is 5.11 Å². The summed E-state index contributed by atoms with van der Waals surface area (Å²) in [6, 6.07) is 12.9. The van der Waals surface area contributed by atoms with E-state index < -0.39 is 5.72 Å². The number of nitrogens with zero attached hydrogens (tertiary/aromatic N) is 2. The minimum atomic E-state index is -1.40. The van der Waals surface area contributed by atoms with E-state index in [9.17, 15) is 9.90 Å². The number of benzene rings is 1. The molecule has 0 fully saturated rings. The molecule has 0 radical (unpaired) electrons. The van der Waals surface area contributed by atoms with Gasteiger partial charge >= 0.3 is 0 Å². The highest BCUT2D eigenvalue weighted by molar-refractivity contribution is 7.12. The van der Waals surface area contributed by atoms with E-state index in [0.717, 1.165) is 31.4 Å². The summed E-state index contributed by atoms with van der Waals surface area (Å²) in [5.41, 5.74) is 0.188. The Balaban J connectivity index is 1.91. The first-order valence-corrected chi connectivity index (χ1v) is 9.25. The molecule has 5 heteroatoms. The number of amides is 1. The molecule has 1 N–H and O–H groups in total. The van der Waals surface area contributed by atoms with Gasteiger partial charge in [0.2, 0.25) is 0 Å². The summed E-state index contributed by atoms with van der Waals surface area (Å²) in [7, 11) is 0. The maximum absolute atomic E-state index is 12.8. The zero-order valence-electron chi connectivity index (χ0n) is 13.8. The van der Waals surface area contributed by atoms with Crippen molar-refractivity contribution in [1.29, 1.82) is 0 Å². The second-order valence-electron chi connectivity index (χ2n) is 6.08. The SMILES string of the molecule is CCCCCC1=NN(C(=O)c2cccs2)C(O)(c2ccccc2)C1. The first-order valence-electron chi connectivity index (χ1n) is 8.37. The molecule has 1 amide bonds. The normalized spacial score (nSPS) is 20.2. The van der Waals surface area contributed by atoms with Crippen LogP contribution in [-0.4, -0.2) is 21.7 Å². The molecule has 24 heavy (non-hydrogen) atoms. The van der Waals surface area contributed by atoms with Gasteiger partial charge in [-0.2, -0.15) is 10.1 Å². The number of aliphatic hydroxyl groups is 1. The van der Waals surface area contributed by atoms with Gasteiger partial charge in [0.05, 0.1) is 4.88 Å². The zero-order chi connectivity index (χ0) is 17.0. The summed E-state index contributed by atoms with van der Waals surface area (Å²) >= 11 is 1.36. The Kier molecular flexibility index (Phi) is 5.11. The number of carbonyl (C=O) groups is 1. The van der Waals surface area contributed by atoms with Crippen molar-refractivity contribution in [1.82, 2.24) is 5.01 Å². The lowest BCUT2D eigenvalue weighted by molar-refractivity contribution is -0.0763. The molecule has 126 valence electrons. The molecule has 0 saturated carbocycles. The number of hydrogen-bond acceptors (Lipinski definition) is 4. The zero-order valence-corrected chi connectivity index (χ0v) is 14.6. The Morgan fingerprint density at radius 3 is 2.71 bits per heavy atom. The molecule has 3 rings (SSSR count). The van der Waals surface area contributed by atoms with E-state index in [4.69, 9.17) is 0 Å². The van der Waals surface area contributed by atoms with E-state index in [1.807, 2.05) is 41.8 Å². The van der Waals surface area contributed by atoms with E-state index in [1.54, 1.807) is 6.07 Å². The van der Waals surface area contributed by atoms with Crippen LogP contribution in [0.25, 0.3) is 0 Å². The van der Waals surface area contributed by atoms with Gasteiger partial charge in [0.15, 0.2) is 5.72 Å². The van der Waals surface area contributed by atoms with Gasteiger partial charge in [0.1, 0.15) is 0 Å². The Labute approximate surface area is 146 Å². The standard InChI is InChI=1S/C19H22N2O2S/c1-2-3-5-11-16-14-19(23,15-9-6-4-7-10-15)21(20-16)18(22)17-12-8-13-24-17/h4,6-10,12-13,23H,2-3,5,11,14H2,1H3. The van der Waals surface area contributed by atoms with Crippen molar-refractivity contribution in [3.63, 3.8) is 0 Å². The van der Waals surface area contributed by atoms with Gasteiger partial charge in [-0.1, -0.05) is 56.2 Å². The summed E-state index contributed by atoms with van der Waals surface area (Å²) < 4.78 is 0. The highest BCUT2D eigenvalue weighted by atomic mass is 32.1. The number of hydrogen-bond donors (Lipinski definition) is 1. The van der Waals surface area contributed by atoms with Gasteiger partial charge in [-0.3, -0.25) is 4.79 Å². The molecular weight excluding hydrogens is 320 g/mol. The largest absolute Gasteiger partial charge is 0.365 e. The molecule has 1 atom stereocenters. The highest BCUT2D eigenvalue weighted by Crippen LogP contribution is 2.37. The lowest BCUT2D eigenvalue weighted by Crippen LogP contribution is -2.43. The van der Waals surface area contributed by atoms with E-state index in [2.05, 4.69) is 12.0 Å². The average Bonchev–Trinajstić information content (AvgIpc) is 3.24.